The van der Waals surface area contributed by atoms with Crippen LogP contribution in [0.25, 0.3) is 0 Å². The Kier molecular flexibility index (Phi) is 4.97. The van der Waals surface area contributed by atoms with Crippen molar-refractivity contribution in [3.8, 4) is 0 Å². The van der Waals surface area contributed by atoms with Crippen molar-refractivity contribution in [2.75, 3.05) is 11.9 Å². The number of para-hydroxylation sites is 1. The number of nitrogens with one attached hydrogen (secondary N) is 2. The van der Waals surface area contributed by atoms with Gasteiger partial charge in [-0.1, -0.05) is 18.2 Å². The zero-order chi connectivity index (χ0) is 17.2. The molecule has 5 heteroatoms. The molecule has 1 aliphatic rings. The fourth-order valence-corrected chi connectivity index (χ4v) is 2.93. The topological polar surface area (TPSA) is 61.4 Å². The van der Waals surface area contributed by atoms with Crippen LogP contribution < -0.4 is 10.6 Å². The number of hydrogen-bond acceptors (Lipinski definition) is 2. The molecule has 2 N–H and O–H groups in total. The van der Waals surface area contributed by atoms with E-state index in [4.69, 9.17) is 0 Å². The third-order valence-electron chi connectivity index (χ3n) is 4.03. The number of aryl methyl sites for hydroxylation is 2. The molecule has 0 radical (unpaired) electrons. The minimum absolute atomic E-state index is 0.0772. The first-order valence-corrected chi connectivity index (χ1v) is 8.15. The molecule has 1 fully saturated rings. The van der Waals surface area contributed by atoms with Gasteiger partial charge in [0.2, 0.25) is 5.91 Å². The second kappa shape index (κ2) is 6.60. The molecule has 0 spiro atoms. The van der Waals surface area contributed by atoms with Crippen molar-refractivity contribution in [2.24, 2.45) is 0 Å². The second-order valence-electron chi connectivity index (χ2n) is 7.29. The lowest BCUT2D eigenvalue weighted by Gasteiger charge is -2.28. The number of nitrogens with zero attached hydrogens (tertiary/aromatic N) is 1. The van der Waals surface area contributed by atoms with Gasteiger partial charge in [0.05, 0.1) is 0 Å². The number of anilines is 1. The summed E-state index contributed by atoms with van der Waals surface area (Å²) in [6, 6.07) is 5.32. The summed E-state index contributed by atoms with van der Waals surface area (Å²) in [4.78, 5) is 26.7. The van der Waals surface area contributed by atoms with E-state index < -0.39 is 6.04 Å². The van der Waals surface area contributed by atoms with E-state index >= 15 is 0 Å². The molecule has 5 nitrogen and oxygen atoms in total. The van der Waals surface area contributed by atoms with Crippen molar-refractivity contribution in [3.05, 3.63) is 29.3 Å². The maximum Gasteiger partial charge on any atom is 0.322 e. The third kappa shape index (κ3) is 4.24. The standard InChI is InChI=1S/C18H27N3O2/c1-12-8-6-9-13(2)15(12)19-17(23)21-11-7-10-14(21)16(22)20-18(3,4)5/h6,8-9,14H,7,10-11H2,1-5H3,(H,19,23)(H,20,22)/t14-/m1/s1. The molecule has 0 aromatic heterocycles. The average molecular weight is 317 g/mol. The number of likely N-dealkylation sites (tertiary alicyclic amines) is 1. The predicted molar refractivity (Wildman–Crippen MR) is 92.6 cm³/mol. The highest BCUT2D eigenvalue weighted by Crippen LogP contribution is 2.23. The van der Waals surface area contributed by atoms with Crippen LogP contribution in [0.1, 0.15) is 44.7 Å². The quantitative estimate of drug-likeness (QED) is 0.880. The Balaban J connectivity index is 2.10. The molecule has 0 aliphatic carbocycles. The summed E-state index contributed by atoms with van der Waals surface area (Å²) in [7, 11) is 0. The fourth-order valence-electron chi connectivity index (χ4n) is 2.93. The maximum absolute atomic E-state index is 12.6. The van der Waals surface area contributed by atoms with Gasteiger partial charge in [0.25, 0.3) is 0 Å². The van der Waals surface area contributed by atoms with Gasteiger partial charge in [0.1, 0.15) is 6.04 Å². The monoisotopic (exact) mass is 317 g/mol. The number of carbonyl (C=O) groups excluding carboxylic acids is 2. The van der Waals surface area contributed by atoms with Crippen LogP contribution in [-0.2, 0) is 4.79 Å². The largest absolute Gasteiger partial charge is 0.350 e. The Bertz CT molecular complexity index is 585. The molecule has 0 bridgehead atoms. The molecule has 1 heterocycles. The third-order valence-corrected chi connectivity index (χ3v) is 4.03. The molecule has 2 rings (SSSR count). The summed E-state index contributed by atoms with van der Waals surface area (Å²) in [6.45, 7) is 10.4. The van der Waals surface area contributed by atoms with E-state index in [1.54, 1.807) is 4.90 Å². The van der Waals surface area contributed by atoms with E-state index in [2.05, 4.69) is 10.6 Å². The van der Waals surface area contributed by atoms with E-state index in [-0.39, 0.29) is 17.5 Å². The van der Waals surface area contributed by atoms with Crippen molar-refractivity contribution in [2.45, 2.75) is 59.0 Å². The van der Waals surface area contributed by atoms with Crippen molar-refractivity contribution in [1.29, 1.82) is 0 Å². The molecule has 126 valence electrons. The van der Waals surface area contributed by atoms with Crippen molar-refractivity contribution >= 4 is 17.6 Å². The minimum Gasteiger partial charge on any atom is -0.350 e. The normalized spacial score (nSPS) is 18.0. The lowest BCUT2D eigenvalue weighted by Crippen LogP contribution is -2.52. The first-order chi connectivity index (χ1) is 10.7. The van der Waals surface area contributed by atoms with Gasteiger partial charge in [-0.3, -0.25) is 4.79 Å². The second-order valence-corrected chi connectivity index (χ2v) is 7.29. The molecule has 1 aromatic rings. The molecule has 1 aliphatic heterocycles. The first kappa shape index (κ1) is 17.3. The summed E-state index contributed by atoms with van der Waals surface area (Å²) in [5.74, 6) is -0.0772. The number of carbonyl (C=O) groups is 2. The summed E-state index contributed by atoms with van der Waals surface area (Å²) in [5, 5.41) is 5.95. The van der Waals surface area contributed by atoms with Crippen molar-refractivity contribution in [3.63, 3.8) is 0 Å². The first-order valence-electron chi connectivity index (χ1n) is 8.15. The number of hydrogen-bond donors (Lipinski definition) is 2. The Morgan fingerprint density at radius 3 is 2.35 bits per heavy atom. The van der Waals surface area contributed by atoms with Gasteiger partial charge in [-0.25, -0.2) is 4.79 Å². The van der Waals surface area contributed by atoms with E-state index in [0.29, 0.717) is 13.0 Å². The van der Waals surface area contributed by atoms with Crippen molar-refractivity contribution < 1.29 is 9.59 Å². The highest BCUT2D eigenvalue weighted by molar-refractivity contribution is 5.95. The molecule has 0 unspecified atom stereocenters. The Morgan fingerprint density at radius 2 is 1.78 bits per heavy atom. The lowest BCUT2D eigenvalue weighted by atomic mass is 10.1. The van der Waals surface area contributed by atoms with Gasteiger partial charge in [-0.05, 0) is 58.6 Å². The highest BCUT2D eigenvalue weighted by Gasteiger charge is 2.35. The van der Waals surface area contributed by atoms with Crippen LogP contribution in [-0.4, -0.2) is 35.0 Å². The van der Waals surface area contributed by atoms with E-state index in [1.807, 2.05) is 52.8 Å². The van der Waals surface area contributed by atoms with Gasteiger partial charge in [-0.2, -0.15) is 0 Å². The van der Waals surface area contributed by atoms with Gasteiger partial charge in [0.15, 0.2) is 0 Å². The number of benzene rings is 1. The highest BCUT2D eigenvalue weighted by atomic mass is 16.2. The molecule has 1 aromatic carbocycles. The smallest absolute Gasteiger partial charge is 0.322 e. The van der Waals surface area contributed by atoms with Crippen molar-refractivity contribution in [1.82, 2.24) is 10.2 Å². The van der Waals surface area contributed by atoms with Crippen LogP contribution in [0.4, 0.5) is 10.5 Å². The summed E-state index contributed by atoms with van der Waals surface area (Å²) < 4.78 is 0. The van der Waals surface area contributed by atoms with Gasteiger partial charge < -0.3 is 15.5 Å². The Labute approximate surface area is 138 Å². The SMILES string of the molecule is Cc1cccc(C)c1NC(=O)N1CCC[C@@H]1C(=O)NC(C)(C)C. The van der Waals surface area contributed by atoms with Gasteiger partial charge in [-0.15, -0.1) is 0 Å². The zero-order valence-corrected chi connectivity index (χ0v) is 14.7. The molecular formula is C18H27N3O2. The van der Waals surface area contributed by atoms with E-state index in [1.165, 1.54) is 0 Å². The fraction of sp³-hybridized carbons (Fsp3) is 0.556. The minimum atomic E-state index is -0.390. The molecule has 0 saturated carbocycles. The summed E-state index contributed by atoms with van der Waals surface area (Å²) in [6.07, 6.45) is 1.56. The Hall–Kier alpha value is -2.04. The number of urea groups is 1. The number of amides is 3. The molecule has 3 amide bonds. The molecule has 23 heavy (non-hydrogen) atoms. The van der Waals surface area contributed by atoms with E-state index in [0.717, 1.165) is 23.2 Å². The maximum atomic E-state index is 12.6. The lowest BCUT2D eigenvalue weighted by molar-refractivity contribution is -0.126. The van der Waals surface area contributed by atoms with Crippen LogP contribution in [0.2, 0.25) is 0 Å². The van der Waals surface area contributed by atoms with E-state index in [9.17, 15) is 9.59 Å². The molecular weight excluding hydrogens is 290 g/mol. The van der Waals surface area contributed by atoms with Crippen LogP contribution in [0.3, 0.4) is 0 Å². The van der Waals surface area contributed by atoms with Crippen LogP contribution in [0, 0.1) is 13.8 Å². The molecule has 1 saturated heterocycles. The Morgan fingerprint density at radius 1 is 1.17 bits per heavy atom. The average Bonchev–Trinajstić information content (AvgIpc) is 2.90. The zero-order valence-electron chi connectivity index (χ0n) is 14.7. The number of rotatable bonds is 2. The van der Waals surface area contributed by atoms with Gasteiger partial charge >= 0.3 is 6.03 Å². The predicted octanol–water partition coefficient (Wildman–Crippen LogP) is 3.21. The van der Waals surface area contributed by atoms with Crippen LogP contribution in [0.5, 0.6) is 0 Å². The van der Waals surface area contributed by atoms with Crippen LogP contribution >= 0.6 is 0 Å². The summed E-state index contributed by atoms with van der Waals surface area (Å²) >= 11 is 0. The van der Waals surface area contributed by atoms with Gasteiger partial charge in [0, 0.05) is 17.8 Å². The molecule has 1 atom stereocenters. The van der Waals surface area contributed by atoms with Crippen LogP contribution in [0.15, 0.2) is 18.2 Å². The summed E-state index contributed by atoms with van der Waals surface area (Å²) in [5.41, 5.74) is 2.58.